The summed E-state index contributed by atoms with van der Waals surface area (Å²) in [5.41, 5.74) is 8.92. The largest absolute Gasteiger partial charge is 0.384 e. The Labute approximate surface area is 169 Å². The molecule has 1 heterocycles. The summed E-state index contributed by atoms with van der Waals surface area (Å²) in [6.07, 6.45) is 0.778. The minimum absolute atomic E-state index is 0.123. The summed E-state index contributed by atoms with van der Waals surface area (Å²) in [5.74, 6) is 0.148. The zero-order chi connectivity index (χ0) is 19.6. The number of nitrogens with zero attached hydrogens (tertiary/aromatic N) is 2. The monoisotopic (exact) mass is 393 g/mol. The van der Waals surface area contributed by atoms with Crippen molar-refractivity contribution in [3.8, 4) is 0 Å². The third-order valence-corrected chi connectivity index (χ3v) is 4.93. The number of carbonyl (C=O) groups is 1. The van der Waals surface area contributed by atoms with Crippen molar-refractivity contribution in [2.75, 3.05) is 13.2 Å². The maximum absolute atomic E-state index is 12.7. The van der Waals surface area contributed by atoms with Crippen LogP contribution in [-0.2, 0) is 22.6 Å². The molecule has 0 atom stereocenters. The number of amidine groups is 1. The predicted molar refractivity (Wildman–Crippen MR) is 113 cm³/mol. The quantitative estimate of drug-likeness (QED) is 0.343. The summed E-state index contributed by atoms with van der Waals surface area (Å²) >= 11 is 1.53. The van der Waals surface area contributed by atoms with Crippen LogP contribution in [-0.4, -0.2) is 29.8 Å². The van der Waals surface area contributed by atoms with Crippen molar-refractivity contribution < 1.29 is 9.63 Å². The molecule has 0 fully saturated rings. The van der Waals surface area contributed by atoms with Gasteiger partial charge in [0, 0.05) is 24.0 Å². The molecule has 5 nitrogen and oxygen atoms in total. The molecule has 3 rings (SSSR count). The molecule has 0 spiro atoms. The first kappa shape index (κ1) is 19.6. The van der Waals surface area contributed by atoms with Gasteiger partial charge in [-0.15, -0.1) is 0 Å². The van der Waals surface area contributed by atoms with Gasteiger partial charge in [-0.2, -0.15) is 11.3 Å². The van der Waals surface area contributed by atoms with Gasteiger partial charge < -0.3 is 15.5 Å². The summed E-state index contributed by atoms with van der Waals surface area (Å²) < 4.78 is 0. The first-order valence-corrected chi connectivity index (χ1v) is 10.0. The molecule has 0 saturated heterocycles. The highest BCUT2D eigenvalue weighted by Crippen LogP contribution is 2.09. The molecule has 28 heavy (non-hydrogen) atoms. The number of benzene rings is 2. The van der Waals surface area contributed by atoms with E-state index in [9.17, 15) is 4.79 Å². The fraction of sp³-hybridized carbons (Fsp3) is 0.182. The SMILES string of the molecule is N/C(=N\OCC(=O)N(CCc1ccccc1)Cc1ccccc1)c1ccsc1. The molecule has 0 bridgehead atoms. The smallest absolute Gasteiger partial charge is 0.263 e. The van der Waals surface area contributed by atoms with E-state index >= 15 is 0 Å². The van der Waals surface area contributed by atoms with Gasteiger partial charge >= 0.3 is 0 Å². The van der Waals surface area contributed by atoms with Crippen LogP contribution >= 0.6 is 11.3 Å². The average molecular weight is 394 g/mol. The van der Waals surface area contributed by atoms with E-state index in [4.69, 9.17) is 10.6 Å². The highest BCUT2D eigenvalue weighted by atomic mass is 32.1. The summed E-state index contributed by atoms with van der Waals surface area (Å²) in [6, 6.07) is 21.9. The van der Waals surface area contributed by atoms with Crippen LogP contribution in [0, 0.1) is 0 Å². The van der Waals surface area contributed by atoms with Crippen LogP contribution in [0.25, 0.3) is 0 Å². The average Bonchev–Trinajstić information content (AvgIpc) is 3.27. The number of oxime groups is 1. The Morgan fingerprint density at radius 3 is 2.32 bits per heavy atom. The molecule has 1 amide bonds. The van der Waals surface area contributed by atoms with Crippen molar-refractivity contribution in [2.24, 2.45) is 10.9 Å². The summed E-state index contributed by atoms with van der Waals surface area (Å²) in [7, 11) is 0. The summed E-state index contributed by atoms with van der Waals surface area (Å²) in [5, 5.41) is 7.66. The maximum Gasteiger partial charge on any atom is 0.263 e. The van der Waals surface area contributed by atoms with Gasteiger partial charge in [-0.3, -0.25) is 4.79 Å². The van der Waals surface area contributed by atoms with E-state index in [1.54, 1.807) is 4.90 Å². The van der Waals surface area contributed by atoms with Crippen LogP contribution in [0.1, 0.15) is 16.7 Å². The van der Waals surface area contributed by atoms with Gasteiger partial charge in [0.15, 0.2) is 12.4 Å². The second kappa shape index (κ2) is 10.3. The van der Waals surface area contributed by atoms with E-state index in [-0.39, 0.29) is 18.3 Å². The maximum atomic E-state index is 12.7. The highest BCUT2D eigenvalue weighted by Gasteiger charge is 2.15. The van der Waals surface area contributed by atoms with Crippen molar-refractivity contribution in [1.29, 1.82) is 0 Å². The number of thiophene rings is 1. The van der Waals surface area contributed by atoms with Crippen molar-refractivity contribution in [3.63, 3.8) is 0 Å². The Morgan fingerprint density at radius 1 is 1.00 bits per heavy atom. The highest BCUT2D eigenvalue weighted by molar-refractivity contribution is 7.08. The lowest BCUT2D eigenvalue weighted by atomic mass is 10.1. The molecule has 2 aromatic carbocycles. The van der Waals surface area contributed by atoms with Gasteiger partial charge in [-0.1, -0.05) is 65.8 Å². The Kier molecular flexibility index (Phi) is 7.21. The molecule has 0 aliphatic carbocycles. The Balaban J connectivity index is 1.61. The van der Waals surface area contributed by atoms with Crippen LogP contribution in [0.15, 0.2) is 82.6 Å². The molecule has 0 unspecified atom stereocenters. The first-order valence-electron chi connectivity index (χ1n) is 9.06. The topological polar surface area (TPSA) is 67.9 Å². The van der Waals surface area contributed by atoms with Gasteiger partial charge in [-0.25, -0.2) is 0 Å². The van der Waals surface area contributed by atoms with Crippen molar-refractivity contribution in [1.82, 2.24) is 4.90 Å². The second-order valence-electron chi connectivity index (χ2n) is 6.30. The zero-order valence-electron chi connectivity index (χ0n) is 15.5. The summed E-state index contributed by atoms with van der Waals surface area (Å²) in [4.78, 5) is 19.7. The number of hydrogen-bond acceptors (Lipinski definition) is 4. The molecule has 2 N–H and O–H groups in total. The number of nitrogens with two attached hydrogens (primary N) is 1. The van der Waals surface area contributed by atoms with Crippen LogP contribution < -0.4 is 5.73 Å². The fourth-order valence-electron chi connectivity index (χ4n) is 2.72. The minimum Gasteiger partial charge on any atom is -0.384 e. The second-order valence-corrected chi connectivity index (χ2v) is 7.08. The van der Waals surface area contributed by atoms with Crippen LogP contribution in [0.5, 0.6) is 0 Å². The standard InChI is InChI=1S/C22H23N3O2S/c23-22(20-12-14-28-17-20)24-27-16-21(26)25(15-19-9-5-2-6-10-19)13-11-18-7-3-1-4-8-18/h1-10,12,14,17H,11,13,15-16H2,(H2,23,24). The van der Waals surface area contributed by atoms with E-state index in [1.807, 2.05) is 65.4 Å². The van der Waals surface area contributed by atoms with Gasteiger partial charge in [0.1, 0.15) is 0 Å². The summed E-state index contributed by atoms with van der Waals surface area (Å²) in [6.45, 7) is 0.983. The molecule has 6 heteroatoms. The zero-order valence-corrected chi connectivity index (χ0v) is 16.3. The lowest BCUT2D eigenvalue weighted by Gasteiger charge is -2.22. The number of hydrogen-bond donors (Lipinski definition) is 1. The third-order valence-electron chi connectivity index (χ3n) is 4.25. The van der Waals surface area contributed by atoms with Crippen LogP contribution in [0.2, 0.25) is 0 Å². The van der Waals surface area contributed by atoms with Crippen molar-refractivity contribution in [3.05, 3.63) is 94.2 Å². The van der Waals surface area contributed by atoms with Gasteiger partial charge in [-0.05, 0) is 29.0 Å². The number of carbonyl (C=O) groups excluding carboxylic acids is 1. The van der Waals surface area contributed by atoms with Gasteiger partial charge in [0.2, 0.25) is 0 Å². The molecule has 0 aliphatic heterocycles. The number of amides is 1. The third kappa shape index (κ3) is 5.96. The van der Waals surface area contributed by atoms with E-state index in [0.29, 0.717) is 13.1 Å². The van der Waals surface area contributed by atoms with Crippen LogP contribution in [0.3, 0.4) is 0 Å². The van der Waals surface area contributed by atoms with Crippen molar-refractivity contribution in [2.45, 2.75) is 13.0 Å². The van der Waals surface area contributed by atoms with E-state index in [0.717, 1.165) is 17.5 Å². The molecule has 0 saturated carbocycles. The number of rotatable bonds is 9. The Hall–Kier alpha value is -3.12. The fourth-order valence-corrected chi connectivity index (χ4v) is 3.37. The minimum atomic E-state index is -0.146. The lowest BCUT2D eigenvalue weighted by Crippen LogP contribution is -2.35. The normalized spacial score (nSPS) is 11.2. The lowest BCUT2D eigenvalue weighted by molar-refractivity contribution is -0.136. The van der Waals surface area contributed by atoms with Crippen molar-refractivity contribution >= 4 is 23.1 Å². The molecule has 144 valence electrons. The Bertz CT molecular complexity index is 881. The van der Waals surface area contributed by atoms with E-state index < -0.39 is 0 Å². The molecular weight excluding hydrogens is 370 g/mol. The van der Waals surface area contributed by atoms with E-state index in [2.05, 4.69) is 17.3 Å². The van der Waals surface area contributed by atoms with E-state index in [1.165, 1.54) is 16.9 Å². The molecule has 0 radical (unpaired) electrons. The molecule has 0 aliphatic rings. The predicted octanol–water partition coefficient (Wildman–Crippen LogP) is 3.66. The van der Waals surface area contributed by atoms with Gasteiger partial charge in [0.25, 0.3) is 5.91 Å². The van der Waals surface area contributed by atoms with Gasteiger partial charge in [0.05, 0.1) is 0 Å². The molecule has 1 aromatic heterocycles. The first-order chi connectivity index (χ1) is 13.7. The molecule has 3 aromatic rings. The van der Waals surface area contributed by atoms with Crippen LogP contribution in [0.4, 0.5) is 0 Å². The Morgan fingerprint density at radius 2 is 1.68 bits per heavy atom. The molecular formula is C22H23N3O2S.